The van der Waals surface area contributed by atoms with Crippen molar-refractivity contribution in [1.82, 2.24) is 10.6 Å². The second-order valence-electron chi connectivity index (χ2n) is 4.85. The summed E-state index contributed by atoms with van der Waals surface area (Å²) in [6.07, 6.45) is 1.11. The molecule has 4 N–H and O–H groups in total. The number of nitrogens with one attached hydrogen (secondary N) is 2. The molecule has 15 heavy (non-hydrogen) atoms. The minimum atomic E-state index is -0.390. The third kappa shape index (κ3) is 3.47. The molecule has 1 amide bonds. The predicted octanol–water partition coefficient (Wildman–Crippen LogP) is 0.0839. The lowest BCUT2D eigenvalue weighted by atomic mass is 9.94. The standard InChI is InChI=1S/C11H23N3O/c1-7(2)10(12)11(15)14-9-6-13-5-4-8(9)3/h7-10,13H,4-6,12H2,1-3H3,(H,14,15)/t8?,9?,10-/m1/s1. The van der Waals surface area contributed by atoms with Crippen molar-refractivity contribution in [2.75, 3.05) is 13.1 Å². The van der Waals surface area contributed by atoms with Gasteiger partial charge in [0.05, 0.1) is 6.04 Å². The first-order valence-corrected chi connectivity index (χ1v) is 5.79. The highest BCUT2D eigenvalue weighted by Crippen LogP contribution is 2.11. The third-order valence-electron chi connectivity index (χ3n) is 3.18. The average Bonchev–Trinajstić information content (AvgIpc) is 2.20. The van der Waals surface area contributed by atoms with Crippen molar-refractivity contribution in [3.05, 3.63) is 0 Å². The molecule has 0 aromatic carbocycles. The van der Waals surface area contributed by atoms with Crippen LogP contribution in [-0.2, 0) is 4.79 Å². The molecule has 1 fully saturated rings. The van der Waals surface area contributed by atoms with Crippen molar-refractivity contribution in [3.63, 3.8) is 0 Å². The van der Waals surface area contributed by atoms with E-state index in [1.807, 2.05) is 13.8 Å². The molecule has 88 valence electrons. The van der Waals surface area contributed by atoms with Crippen molar-refractivity contribution >= 4 is 5.91 Å². The Morgan fingerprint density at radius 2 is 2.20 bits per heavy atom. The monoisotopic (exact) mass is 213 g/mol. The molecule has 0 aromatic rings. The van der Waals surface area contributed by atoms with E-state index in [0.29, 0.717) is 5.92 Å². The van der Waals surface area contributed by atoms with Gasteiger partial charge in [-0.25, -0.2) is 0 Å². The molecule has 1 aliphatic heterocycles. The van der Waals surface area contributed by atoms with Crippen molar-refractivity contribution in [1.29, 1.82) is 0 Å². The molecule has 1 heterocycles. The molecule has 0 spiro atoms. The summed E-state index contributed by atoms with van der Waals surface area (Å²) in [5, 5.41) is 6.31. The summed E-state index contributed by atoms with van der Waals surface area (Å²) in [6.45, 7) is 8.01. The van der Waals surface area contributed by atoms with Crippen LogP contribution < -0.4 is 16.4 Å². The van der Waals surface area contributed by atoms with Crippen LogP contribution in [0.5, 0.6) is 0 Å². The summed E-state index contributed by atoms with van der Waals surface area (Å²) in [4.78, 5) is 11.7. The van der Waals surface area contributed by atoms with Gasteiger partial charge < -0.3 is 16.4 Å². The minimum Gasteiger partial charge on any atom is -0.350 e. The Labute approximate surface area is 92.0 Å². The number of carbonyl (C=O) groups is 1. The molecule has 0 bridgehead atoms. The average molecular weight is 213 g/mol. The van der Waals surface area contributed by atoms with Gasteiger partial charge in [-0.3, -0.25) is 4.79 Å². The van der Waals surface area contributed by atoms with Gasteiger partial charge in [0.25, 0.3) is 0 Å². The Morgan fingerprint density at radius 1 is 1.53 bits per heavy atom. The Bertz CT molecular complexity index is 218. The lowest BCUT2D eigenvalue weighted by Crippen LogP contribution is -2.55. The topological polar surface area (TPSA) is 67.1 Å². The predicted molar refractivity (Wildman–Crippen MR) is 61.4 cm³/mol. The van der Waals surface area contributed by atoms with Gasteiger partial charge in [0.15, 0.2) is 0 Å². The summed E-state index contributed by atoms with van der Waals surface area (Å²) in [7, 11) is 0. The van der Waals surface area contributed by atoms with Gasteiger partial charge in [0.2, 0.25) is 5.91 Å². The third-order valence-corrected chi connectivity index (χ3v) is 3.18. The maximum absolute atomic E-state index is 11.7. The van der Waals surface area contributed by atoms with Crippen molar-refractivity contribution in [2.24, 2.45) is 17.6 Å². The van der Waals surface area contributed by atoms with Crippen LogP contribution in [0.15, 0.2) is 0 Å². The summed E-state index contributed by atoms with van der Waals surface area (Å²) < 4.78 is 0. The highest BCUT2D eigenvalue weighted by atomic mass is 16.2. The highest BCUT2D eigenvalue weighted by molar-refractivity contribution is 5.82. The van der Waals surface area contributed by atoms with Crippen LogP contribution in [0.4, 0.5) is 0 Å². The van der Waals surface area contributed by atoms with Gasteiger partial charge >= 0.3 is 0 Å². The van der Waals surface area contributed by atoms with Crippen LogP contribution in [0.2, 0.25) is 0 Å². The zero-order valence-electron chi connectivity index (χ0n) is 9.92. The fourth-order valence-corrected chi connectivity index (χ4v) is 1.76. The molecule has 0 saturated carbocycles. The van der Waals surface area contributed by atoms with Crippen LogP contribution in [-0.4, -0.2) is 31.1 Å². The zero-order valence-corrected chi connectivity index (χ0v) is 9.92. The van der Waals surface area contributed by atoms with Gasteiger partial charge in [0.1, 0.15) is 0 Å². The molecule has 0 aromatic heterocycles. The van der Waals surface area contributed by atoms with Crippen molar-refractivity contribution < 1.29 is 4.79 Å². The largest absolute Gasteiger partial charge is 0.350 e. The van der Waals surface area contributed by atoms with E-state index in [4.69, 9.17) is 5.73 Å². The number of nitrogens with two attached hydrogens (primary N) is 1. The first-order valence-electron chi connectivity index (χ1n) is 5.79. The van der Waals surface area contributed by atoms with E-state index < -0.39 is 0 Å². The van der Waals surface area contributed by atoms with Crippen molar-refractivity contribution in [2.45, 2.75) is 39.3 Å². The Morgan fingerprint density at radius 3 is 2.73 bits per heavy atom. The molecule has 1 rings (SSSR count). The second-order valence-corrected chi connectivity index (χ2v) is 4.85. The lowest BCUT2D eigenvalue weighted by molar-refractivity contribution is -0.124. The maximum atomic E-state index is 11.7. The summed E-state index contributed by atoms with van der Waals surface area (Å²) in [5.41, 5.74) is 5.79. The first kappa shape index (κ1) is 12.5. The van der Waals surface area contributed by atoms with Crippen LogP contribution in [0.1, 0.15) is 27.2 Å². The van der Waals surface area contributed by atoms with E-state index in [1.54, 1.807) is 0 Å². The minimum absolute atomic E-state index is 0.0226. The van der Waals surface area contributed by atoms with Crippen molar-refractivity contribution in [3.8, 4) is 0 Å². The number of piperidine rings is 1. The van der Waals surface area contributed by atoms with Gasteiger partial charge in [-0.2, -0.15) is 0 Å². The van der Waals surface area contributed by atoms with Gasteiger partial charge in [-0.1, -0.05) is 20.8 Å². The van der Waals surface area contributed by atoms with E-state index in [9.17, 15) is 4.79 Å². The first-order chi connectivity index (χ1) is 7.02. The van der Waals surface area contributed by atoms with Gasteiger partial charge in [-0.05, 0) is 24.8 Å². The quantitative estimate of drug-likeness (QED) is 0.622. The van der Waals surface area contributed by atoms with E-state index in [-0.39, 0.29) is 23.9 Å². The normalized spacial score (nSPS) is 28.9. The molecule has 4 heteroatoms. The zero-order chi connectivity index (χ0) is 11.4. The number of amides is 1. The Balaban J connectivity index is 2.42. The molecule has 3 atom stereocenters. The Kier molecular flexibility index (Phi) is 4.54. The molecule has 0 radical (unpaired) electrons. The fourth-order valence-electron chi connectivity index (χ4n) is 1.76. The van der Waals surface area contributed by atoms with Crippen LogP contribution in [0, 0.1) is 11.8 Å². The molecule has 4 nitrogen and oxygen atoms in total. The van der Waals surface area contributed by atoms with E-state index >= 15 is 0 Å². The molecular formula is C11H23N3O. The highest BCUT2D eigenvalue weighted by Gasteiger charge is 2.25. The van der Waals surface area contributed by atoms with Gasteiger partial charge in [-0.15, -0.1) is 0 Å². The summed E-state index contributed by atoms with van der Waals surface area (Å²) >= 11 is 0. The van der Waals surface area contributed by atoms with Crippen LogP contribution in [0.3, 0.4) is 0 Å². The molecule has 0 aliphatic carbocycles. The molecular weight excluding hydrogens is 190 g/mol. The number of carbonyl (C=O) groups excluding carboxylic acids is 1. The maximum Gasteiger partial charge on any atom is 0.237 e. The number of rotatable bonds is 3. The SMILES string of the molecule is CC1CCNCC1NC(=O)[C@H](N)C(C)C. The van der Waals surface area contributed by atoms with E-state index in [0.717, 1.165) is 19.5 Å². The fraction of sp³-hybridized carbons (Fsp3) is 0.909. The molecule has 1 aliphatic rings. The second kappa shape index (κ2) is 5.47. The number of hydrogen-bond acceptors (Lipinski definition) is 3. The summed E-state index contributed by atoms with van der Waals surface area (Å²) in [5.74, 6) is 0.706. The molecule has 2 unspecified atom stereocenters. The van der Waals surface area contributed by atoms with E-state index in [2.05, 4.69) is 17.6 Å². The molecule has 1 saturated heterocycles. The smallest absolute Gasteiger partial charge is 0.237 e. The summed E-state index contributed by atoms with van der Waals surface area (Å²) in [6, 6.07) is -0.157. The van der Waals surface area contributed by atoms with Crippen LogP contribution in [0.25, 0.3) is 0 Å². The van der Waals surface area contributed by atoms with E-state index in [1.165, 1.54) is 0 Å². The lowest BCUT2D eigenvalue weighted by Gasteiger charge is -2.31. The van der Waals surface area contributed by atoms with Crippen LogP contribution >= 0.6 is 0 Å². The Hall–Kier alpha value is -0.610. The number of hydrogen-bond donors (Lipinski definition) is 3. The van der Waals surface area contributed by atoms with Gasteiger partial charge in [0, 0.05) is 12.6 Å².